The number of benzene rings is 1. The molecule has 0 saturated carbocycles. The van der Waals surface area contributed by atoms with Crippen LogP contribution in [0.5, 0.6) is 0 Å². The predicted octanol–water partition coefficient (Wildman–Crippen LogP) is 1.77. The van der Waals surface area contributed by atoms with Crippen LogP contribution in [0.3, 0.4) is 0 Å². The fourth-order valence-electron chi connectivity index (χ4n) is 1.50. The number of nitrogens with zero attached hydrogens (tertiary/aromatic N) is 1. The molecular weight excluding hydrogens is 262 g/mol. The van der Waals surface area contributed by atoms with Crippen molar-refractivity contribution in [3.63, 3.8) is 0 Å². The van der Waals surface area contributed by atoms with E-state index in [2.05, 4.69) is 0 Å². The van der Waals surface area contributed by atoms with E-state index >= 15 is 0 Å². The van der Waals surface area contributed by atoms with E-state index in [4.69, 9.17) is 5.73 Å². The number of halogens is 2. The van der Waals surface area contributed by atoms with Gasteiger partial charge in [0.2, 0.25) is 10.0 Å². The van der Waals surface area contributed by atoms with Gasteiger partial charge < -0.3 is 5.73 Å². The molecule has 2 N–H and O–H groups in total. The lowest BCUT2D eigenvalue weighted by Crippen LogP contribution is -2.32. The molecule has 0 aliphatic heterocycles. The van der Waals surface area contributed by atoms with Crippen LogP contribution in [0, 0.1) is 13.8 Å². The number of rotatable bonds is 4. The predicted molar refractivity (Wildman–Crippen MR) is 66.1 cm³/mol. The van der Waals surface area contributed by atoms with Gasteiger partial charge in [-0.25, -0.2) is 17.2 Å². The average Bonchev–Trinajstić information content (AvgIpc) is 2.22. The van der Waals surface area contributed by atoms with Crippen LogP contribution in [0.2, 0.25) is 0 Å². The van der Waals surface area contributed by atoms with E-state index in [-0.39, 0.29) is 10.6 Å². The zero-order chi connectivity index (χ0) is 14.1. The van der Waals surface area contributed by atoms with Gasteiger partial charge in [-0.2, -0.15) is 4.31 Å². The number of hydrogen-bond donors (Lipinski definition) is 1. The van der Waals surface area contributed by atoms with Gasteiger partial charge in [0.25, 0.3) is 6.43 Å². The normalized spacial score (nSPS) is 12.4. The minimum Gasteiger partial charge on any atom is -0.398 e. The van der Waals surface area contributed by atoms with Crippen molar-refractivity contribution in [1.29, 1.82) is 0 Å². The summed E-state index contributed by atoms with van der Waals surface area (Å²) in [4.78, 5) is -0.131. The van der Waals surface area contributed by atoms with Gasteiger partial charge in [-0.05, 0) is 37.1 Å². The van der Waals surface area contributed by atoms with Gasteiger partial charge in [0, 0.05) is 7.05 Å². The lowest BCUT2D eigenvalue weighted by Gasteiger charge is -2.18. The molecule has 0 radical (unpaired) electrons. The van der Waals surface area contributed by atoms with E-state index in [1.165, 1.54) is 12.1 Å². The van der Waals surface area contributed by atoms with E-state index in [0.717, 1.165) is 18.2 Å². The van der Waals surface area contributed by atoms with Gasteiger partial charge in [-0.1, -0.05) is 0 Å². The summed E-state index contributed by atoms with van der Waals surface area (Å²) in [6, 6.07) is 2.93. The molecule has 0 bridgehead atoms. The minimum atomic E-state index is -3.98. The molecule has 1 aromatic rings. The maximum Gasteiger partial charge on any atom is 0.252 e. The molecule has 18 heavy (non-hydrogen) atoms. The van der Waals surface area contributed by atoms with Crippen LogP contribution in [0.15, 0.2) is 17.0 Å². The Morgan fingerprint density at radius 3 is 2.28 bits per heavy atom. The number of alkyl halides is 2. The van der Waals surface area contributed by atoms with Crippen LogP contribution in [0.1, 0.15) is 11.1 Å². The van der Waals surface area contributed by atoms with Crippen molar-refractivity contribution in [2.45, 2.75) is 25.2 Å². The SMILES string of the molecule is Cc1cc(N)c(S(=O)(=O)N(C)CC(F)F)cc1C. The third-order valence-electron chi connectivity index (χ3n) is 2.71. The standard InChI is InChI=1S/C11H16F2N2O2S/c1-7-4-9(14)10(5-8(7)2)18(16,17)15(3)6-11(12)13/h4-5,11H,6,14H2,1-3H3. The maximum absolute atomic E-state index is 12.2. The molecule has 4 nitrogen and oxygen atoms in total. The Labute approximate surface area is 105 Å². The first kappa shape index (κ1) is 14.8. The monoisotopic (exact) mass is 278 g/mol. The van der Waals surface area contributed by atoms with Crippen molar-refractivity contribution in [2.75, 3.05) is 19.3 Å². The summed E-state index contributed by atoms with van der Waals surface area (Å²) in [5, 5.41) is 0. The van der Waals surface area contributed by atoms with Crippen LogP contribution in [0.4, 0.5) is 14.5 Å². The topological polar surface area (TPSA) is 63.4 Å². The molecule has 7 heteroatoms. The first-order valence-corrected chi connectivity index (χ1v) is 6.71. The molecule has 0 aliphatic rings. The van der Waals surface area contributed by atoms with Crippen LogP contribution >= 0.6 is 0 Å². The highest BCUT2D eigenvalue weighted by molar-refractivity contribution is 7.89. The van der Waals surface area contributed by atoms with Gasteiger partial charge >= 0.3 is 0 Å². The summed E-state index contributed by atoms with van der Waals surface area (Å²) in [7, 11) is -2.87. The maximum atomic E-state index is 12.2. The van der Waals surface area contributed by atoms with Crippen LogP contribution in [0.25, 0.3) is 0 Å². The summed E-state index contributed by atoms with van der Waals surface area (Å²) in [5.74, 6) is 0. The summed E-state index contributed by atoms with van der Waals surface area (Å²) in [6.45, 7) is 2.68. The second kappa shape index (κ2) is 5.19. The Bertz CT molecular complexity index is 544. The van der Waals surface area contributed by atoms with Gasteiger partial charge in [0.1, 0.15) is 4.90 Å². The molecule has 0 aliphatic carbocycles. The van der Waals surface area contributed by atoms with E-state index < -0.39 is 23.0 Å². The lowest BCUT2D eigenvalue weighted by molar-refractivity contribution is 0.126. The molecule has 0 spiro atoms. The van der Waals surface area contributed by atoms with Gasteiger partial charge in [-0.3, -0.25) is 0 Å². The number of nitrogen functional groups attached to an aromatic ring is 1. The zero-order valence-electron chi connectivity index (χ0n) is 10.4. The minimum absolute atomic E-state index is 0.0687. The van der Waals surface area contributed by atoms with E-state index in [1.807, 2.05) is 0 Å². The van der Waals surface area contributed by atoms with Crippen molar-refractivity contribution >= 4 is 15.7 Å². The Balaban J connectivity index is 3.24. The summed E-state index contributed by atoms with van der Waals surface area (Å²) >= 11 is 0. The zero-order valence-corrected chi connectivity index (χ0v) is 11.3. The third kappa shape index (κ3) is 2.97. The third-order valence-corrected chi connectivity index (χ3v) is 4.59. The quantitative estimate of drug-likeness (QED) is 0.854. The van der Waals surface area contributed by atoms with Gasteiger partial charge in [0.05, 0.1) is 12.2 Å². The van der Waals surface area contributed by atoms with Gasteiger partial charge in [0.15, 0.2) is 0 Å². The highest BCUT2D eigenvalue weighted by atomic mass is 32.2. The summed E-state index contributed by atoms with van der Waals surface area (Å²) < 4.78 is 49.2. The van der Waals surface area contributed by atoms with Crippen molar-refractivity contribution in [2.24, 2.45) is 0 Å². The Hall–Kier alpha value is -1.21. The Morgan fingerprint density at radius 1 is 1.28 bits per heavy atom. The molecule has 0 unspecified atom stereocenters. The summed E-state index contributed by atoms with van der Waals surface area (Å²) in [6.07, 6.45) is -2.72. The molecule has 1 rings (SSSR count). The van der Waals surface area contributed by atoms with Crippen LogP contribution in [-0.4, -0.2) is 32.7 Å². The largest absolute Gasteiger partial charge is 0.398 e. The fraction of sp³-hybridized carbons (Fsp3) is 0.455. The summed E-state index contributed by atoms with van der Waals surface area (Å²) in [5.41, 5.74) is 7.31. The number of aryl methyl sites for hydroxylation is 2. The van der Waals surface area contributed by atoms with E-state index in [9.17, 15) is 17.2 Å². The first-order valence-electron chi connectivity index (χ1n) is 5.27. The average molecular weight is 278 g/mol. The molecule has 0 fully saturated rings. The Kier molecular flexibility index (Phi) is 4.28. The van der Waals surface area contributed by atoms with Crippen molar-refractivity contribution in [1.82, 2.24) is 4.31 Å². The highest BCUT2D eigenvalue weighted by Gasteiger charge is 2.26. The van der Waals surface area contributed by atoms with Crippen molar-refractivity contribution in [3.8, 4) is 0 Å². The molecule has 0 aromatic heterocycles. The molecule has 0 saturated heterocycles. The number of sulfonamides is 1. The molecule has 0 heterocycles. The van der Waals surface area contributed by atoms with E-state index in [0.29, 0.717) is 4.31 Å². The van der Waals surface area contributed by atoms with E-state index in [1.54, 1.807) is 13.8 Å². The van der Waals surface area contributed by atoms with Crippen LogP contribution < -0.4 is 5.73 Å². The molecule has 0 amide bonds. The van der Waals surface area contributed by atoms with Crippen LogP contribution in [-0.2, 0) is 10.0 Å². The molecule has 1 aromatic carbocycles. The second-order valence-electron chi connectivity index (χ2n) is 4.15. The molecule has 102 valence electrons. The highest BCUT2D eigenvalue weighted by Crippen LogP contribution is 2.25. The molecule has 0 atom stereocenters. The second-order valence-corrected chi connectivity index (χ2v) is 6.16. The fourth-order valence-corrected chi connectivity index (χ4v) is 2.82. The number of hydrogen-bond acceptors (Lipinski definition) is 3. The van der Waals surface area contributed by atoms with Crippen molar-refractivity contribution in [3.05, 3.63) is 23.3 Å². The smallest absolute Gasteiger partial charge is 0.252 e. The number of nitrogens with two attached hydrogens (primary N) is 1. The lowest BCUT2D eigenvalue weighted by atomic mass is 10.1. The Morgan fingerprint density at radius 2 is 1.78 bits per heavy atom. The van der Waals surface area contributed by atoms with Crippen molar-refractivity contribution < 1.29 is 17.2 Å². The van der Waals surface area contributed by atoms with Gasteiger partial charge in [-0.15, -0.1) is 0 Å². The molecular formula is C11H16F2N2O2S. The first-order chi connectivity index (χ1) is 8.16. The number of anilines is 1.